The van der Waals surface area contributed by atoms with Gasteiger partial charge >= 0.3 is 12.1 Å². The third-order valence-corrected chi connectivity index (χ3v) is 8.23. The molecule has 2 atom stereocenters. The van der Waals surface area contributed by atoms with Gasteiger partial charge < -0.3 is 29.5 Å². The molecule has 5 rings (SSSR count). The van der Waals surface area contributed by atoms with Crippen molar-refractivity contribution in [2.45, 2.75) is 57.9 Å². The number of piperazine rings is 1. The summed E-state index contributed by atoms with van der Waals surface area (Å²) in [5.74, 6) is -0.615. The van der Waals surface area contributed by atoms with E-state index in [4.69, 9.17) is 14.2 Å². The summed E-state index contributed by atoms with van der Waals surface area (Å²) >= 11 is 0. The molecule has 1 saturated heterocycles. The van der Waals surface area contributed by atoms with E-state index >= 15 is 0 Å². The number of carbonyl (C=O) groups excluding carboxylic acids is 2. The lowest BCUT2D eigenvalue weighted by Crippen LogP contribution is -2.53. The molecular formula is C36H45N3O6. The Morgan fingerprint density at radius 3 is 2.20 bits per heavy atom. The number of amides is 1. The highest BCUT2D eigenvalue weighted by molar-refractivity contribution is 5.82. The number of aliphatic hydroxyl groups is 1. The third kappa shape index (κ3) is 8.22. The minimum Gasteiger partial charge on any atom is -0.458 e. The fourth-order valence-electron chi connectivity index (χ4n) is 6.07. The second-order valence-corrected chi connectivity index (χ2v) is 12.6. The summed E-state index contributed by atoms with van der Waals surface area (Å²) in [5, 5.41) is 13.6. The van der Waals surface area contributed by atoms with Gasteiger partial charge in [0.2, 0.25) is 0 Å². The molecule has 0 spiro atoms. The molecule has 1 fully saturated rings. The second-order valence-electron chi connectivity index (χ2n) is 12.6. The van der Waals surface area contributed by atoms with Crippen molar-refractivity contribution >= 4 is 17.7 Å². The largest absolute Gasteiger partial charge is 0.458 e. The standard InChI is InChI=1S/C36H45N3O6/c1-5-43-21-20-38-18-19-39(33(40)23-38)26-16-14-25(15-17-26)22-32(34(41)45-36(2,3)4)37-35(42)44-24-31-29-12-8-6-10-27(29)28-11-7-9-13-30(28)31/h6-17,31-33,40H,5,18-24H2,1-4H3,(H,37,42)/t32-,33-/m0/s1. The van der Waals surface area contributed by atoms with Crippen LogP contribution in [0.25, 0.3) is 11.1 Å². The van der Waals surface area contributed by atoms with Crippen LogP contribution < -0.4 is 10.2 Å². The van der Waals surface area contributed by atoms with E-state index < -0.39 is 29.9 Å². The molecule has 2 aliphatic rings. The summed E-state index contributed by atoms with van der Waals surface area (Å²) in [6, 6.07) is 23.1. The third-order valence-electron chi connectivity index (χ3n) is 8.23. The monoisotopic (exact) mass is 615 g/mol. The lowest BCUT2D eigenvalue weighted by atomic mass is 9.98. The number of ether oxygens (including phenoxy) is 3. The van der Waals surface area contributed by atoms with Crippen LogP contribution in [0, 0.1) is 0 Å². The Labute approximate surface area is 266 Å². The molecule has 1 amide bonds. The van der Waals surface area contributed by atoms with Crippen molar-refractivity contribution in [1.29, 1.82) is 0 Å². The first-order valence-electron chi connectivity index (χ1n) is 15.8. The fraction of sp³-hybridized carbons (Fsp3) is 0.444. The van der Waals surface area contributed by atoms with Gasteiger partial charge in [0.05, 0.1) is 6.61 Å². The van der Waals surface area contributed by atoms with E-state index in [2.05, 4.69) is 34.5 Å². The Kier molecular flexibility index (Phi) is 10.4. The molecule has 1 aliphatic heterocycles. The first kappa shape index (κ1) is 32.5. The van der Waals surface area contributed by atoms with Crippen molar-refractivity contribution in [3.8, 4) is 11.1 Å². The average molecular weight is 616 g/mol. The summed E-state index contributed by atoms with van der Waals surface area (Å²) in [4.78, 5) is 30.5. The number of aliphatic hydroxyl groups excluding tert-OH is 1. The summed E-state index contributed by atoms with van der Waals surface area (Å²) in [6.45, 7) is 11.7. The van der Waals surface area contributed by atoms with Crippen LogP contribution in [0.3, 0.4) is 0 Å². The fourth-order valence-corrected chi connectivity index (χ4v) is 6.07. The van der Waals surface area contributed by atoms with Gasteiger partial charge in [0.1, 0.15) is 24.5 Å². The molecule has 240 valence electrons. The van der Waals surface area contributed by atoms with Crippen LogP contribution >= 0.6 is 0 Å². The van der Waals surface area contributed by atoms with Gasteiger partial charge in [0.15, 0.2) is 0 Å². The van der Waals surface area contributed by atoms with Gasteiger partial charge in [-0.25, -0.2) is 9.59 Å². The summed E-state index contributed by atoms with van der Waals surface area (Å²) in [5.41, 5.74) is 5.55. The molecule has 0 radical (unpaired) electrons. The molecule has 45 heavy (non-hydrogen) atoms. The molecule has 0 bridgehead atoms. The van der Waals surface area contributed by atoms with Gasteiger partial charge in [-0.05, 0) is 67.6 Å². The van der Waals surface area contributed by atoms with E-state index in [9.17, 15) is 14.7 Å². The summed E-state index contributed by atoms with van der Waals surface area (Å²) in [6.07, 6.45) is -1.07. The average Bonchev–Trinajstić information content (AvgIpc) is 3.33. The predicted molar refractivity (Wildman–Crippen MR) is 174 cm³/mol. The first-order valence-corrected chi connectivity index (χ1v) is 15.8. The number of esters is 1. The minimum absolute atomic E-state index is 0.0856. The Morgan fingerprint density at radius 2 is 1.60 bits per heavy atom. The number of hydrogen-bond acceptors (Lipinski definition) is 8. The van der Waals surface area contributed by atoms with Crippen LogP contribution in [0.2, 0.25) is 0 Å². The minimum atomic E-state index is -0.940. The first-order chi connectivity index (χ1) is 21.6. The molecule has 3 aromatic carbocycles. The van der Waals surface area contributed by atoms with Crippen LogP contribution in [0.5, 0.6) is 0 Å². The number of hydrogen-bond donors (Lipinski definition) is 2. The van der Waals surface area contributed by atoms with Gasteiger partial charge in [-0.1, -0.05) is 60.7 Å². The number of carbonyl (C=O) groups is 2. The van der Waals surface area contributed by atoms with Crippen molar-refractivity contribution in [2.24, 2.45) is 0 Å². The number of anilines is 1. The number of alkyl carbamates (subject to hydrolysis) is 1. The van der Waals surface area contributed by atoms with Gasteiger partial charge in [-0.2, -0.15) is 0 Å². The molecule has 0 aromatic heterocycles. The highest BCUT2D eigenvalue weighted by Crippen LogP contribution is 2.44. The maximum absolute atomic E-state index is 13.2. The van der Waals surface area contributed by atoms with Crippen LogP contribution in [0.4, 0.5) is 10.5 Å². The molecule has 9 heteroatoms. The van der Waals surface area contributed by atoms with E-state index in [-0.39, 0.29) is 18.9 Å². The zero-order chi connectivity index (χ0) is 32.0. The van der Waals surface area contributed by atoms with E-state index in [0.717, 1.165) is 46.6 Å². The summed E-state index contributed by atoms with van der Waals surface area (Å²) in [7, 11) is 0. The number of rotatable bonds is 11. The van der Waals surface area contributed by atoms with Crippen molar-refractivity contribution in [2.75, 3.05) is 50.9 Å². The molecular weight excluding hydrogens is 570 g/mol. The number of nitrogens with zero attached hydrogens (tertiary/aromatic N) is 2. The van der Waals surface area contributed by atoms with Gasteiger partial charge in [-0.15, -0.1) is 0 Å². The van der Waals surface area contributed by atoms with Gasteiger partial charge in [0.25, 0.3) is 0 Å². The van der Waals surface area contributed by atoms with Crippen molar-refractivity contribution < 1.29 is 28.9 Å². The van der Waals surface area contributed by atoms with Crippen LogP contribution in [-0.2, 0) is 25.4 Å². The summed E-state index contributed by atoms with van der Waals surface area (Å²) < 4.78 is 16.8. The van der Waals surface area contributed by atoms with Crippen LogP contribution in [0.15, 0.2) is 72.8 Å². The number of nitrogens with one attached hydrogen (secondary N) is 1. The predicted octanol–water partition coefficient (Wildman–Crippen LogP) is 4.96. The zero-order valence-corrected chi connectivity index (χ0v) is 26.7. The normalized spacial score (nSPS) is 17.4. The Balaban J connectivity index is 1.22. The maximum Gasteiger partial charge on any atom is 0.407 e. The lowest BCUT2D eigenvalue weighted by molar-refractivity contribution is -0.157. The van der Waals surface area contributed by atoms with Crippen LogP contribution in [-0.4, -0.2) is 85.9 Å². The Hall–Kier alpha value is -3.92. The van der Waals surface area contributed by atoms with Crippen LogP contribution in [0.1, 0.15) is 50.3 Å². The molecule has 1 heterocycles. The molecule has 9 nitrogen and oxygen atoms in total. The quantitative estimate of drug-likeness (QED) is 0.231. The van der Waals surface area contributed by atoms with Gasteiger partial charge in [-0.3, -0.25) is 4.90 Å². The number of β-amino-alcohol motifs (C(OH)–C–C–N with tert-alkyl or cyclic N) is 1. The maximum atomic E-state index is 13.2. The second kappa shape index (κ2) is 14.5. The Bertz CT molecular complexity index is 1410. The van der Waals surface area contributed by atoms with Crippen molar-refractivity contribution in [3.05, 3.63) is 89.5 Å². The van der Waals surface area contributed by atoms with E-state index in [1.54, 1.807) is 20.8 Å². The molecule has 0 unspecified atom stereocenters. The number of fused-ring (bicyclic) bond motifs is 3. The highest BCUT2D eigenvalue weighted by atomic mass is 16.6. The van der Waals surface area contributed by atoms with Crippen molar-refractivity contribution in [1.82, 2.24) is 10.2 Å². The lowest BCUT2D eigenvalue weighted by Gasteiger charge is -2.40. The van der Waals surface area contributed by atoms with Crippen molar-refractivity contribution in [3.63, 3.8) is 0 Å². The number of benzene rings is 3. The SMILES string of the molecule is CCOCCN1CCN(c2ccc(C[C@H](NC(=O)OCC3c4ccccc4-c4ccccc43)C(=O)OC(C)(C)C)cc2)[C@@H](O)C1. The highest BCUT2D eigenvalue weighted by Gasteiger charge is 2.31. The van der Waals surface area contributed by atoms with Gasteiger partial charge in [0, 0.05) is 50.8 Å². The smallest absolute Gasteiger partial charge is 0.407 e. The van der Waals surface area contributed by atoms with E-state index in [0.29, 0.717) is 26.3 Å². The molecule has 0 saturated carbocycles. The molecule has 2 N–H and O–H groups in total. The zero-order valence-electron chi connectivity index (χ0n) is 26.7. The van der Waals surface area contributed by atoms with E-state index in [1.165, 1.54) is 0 Å². The topological polar surface area (TPSA) is 101 Å². The van der Waals surface area contributed by atoms with E-state index in [1.807, 2.05) is 60.4 Å². The molecule has 3 aromatic rings. The molecule has 1 aliphatic carbocycles. The Morgan fingerprint density at radius 1 is 0.956 bits per heavy atom.